The predicted molar refractivity (Wildman–Crippen MR) is 144 cm³/mol. The Kier molecular flexibility index (Phi) is 7.21. The summed E-state index contributed by atoms with van der Waals surface area (Å²) in [6, 6.07) is 32.2. The number of thioether (sulfide) groups is 1. The van der Waals surface area contributed by atoms with Gasteiger partial charge in [-0.25, -0.2) is 0 Å². The molecule has 2 heterocycles. The maximum atomic E-state index is 13.4. The van der Waals surface area contributed by atoms with Crippen LogP contribution in [0.5, 0.6) is 0 Å². The fourth-order valence-electron chi connectivity index (χ4n) is 3.59. The van der Waals surface area contributed by atoms with Crippen LogP contribution in [0.15, 0.2) is 121 Å². The van der Waals surface area contributed by atoms with E-state index in [1.165, 1.54) is 17.3 Å². The minimum absolute atomic E-state index is 0.0604. The molecule has 1 aromatic heterocycles. The molecular formula is C29H24N2O2S2. The lowest BCUT2D eigenvalue weighted by atomic mass is 10.2. The molecule has 0 atom stereocenters. The first-order valence-electron chi connectivity index (χ1n) is 11.3. The second-order valence-electron chi connectivity index (χ2n) is 8.14. The third kappa shape index (κ3) is 5.96. The van der Waals surface area contributed by atoms with E-state index in [9.17, 15) is 4.79 Å². The van der Waals surface area contributed by atoms with Gasteiger partial charge < -0.3 is 4.42 Å². The van der Waals surface area contributed by atoms with E-state index in [2.05, 4.69) is 31.2 Å². The number of amides is 1. The van der Waals surface area contributed by atoms with Crippen molar-refractivity contribution in [3.63, 3.8) is 0 Å². The van der Waals surface area contributed by atoms with Crippen LogP contribution < -0.4 is 0 Å². The number of carbonyl (C=O) groups excluding carboxylic acids is 1. The minimum atomic E-state index is -0.0604. The van der Waals surface area contributed by atoms with Crippen molar-refractivity contribution in [2.24, 2.45) is 4.99 Å². The normalized spacial score (nSPS) is 15.9. The summed E-state index contributed by atoms with van der Waals surface area (Å²) in [4.78, 5) is 21.6. The number of aliphatic imine (C=N–C) groups is 1. The first kappa shape index (κ1) is 23.3. The molecule has 6 heteroatoms. The van der Waals surface area contributed by atoms with Gasteiger partial charge in [-0.3, -0.25) is 14.7 Å². The van der Waals surface area contributed by atoms with Crippen molar-refractivity contribution in [2.75, 3.05) is 0 Å². The molecule has 0 saturated carbocycles. The van der Waals surface area contributed by atoms with Crippen LogP contribution in [0, 0.1) is 6.92 Å². The molecule has 1 aliphatic rings. The molecule has 0 aliphatic carbocycles. The van der Waals surface area contributed by atoms with Crippen LogP contribution in [0.25, 0.3) is 6.08 Å². The van der Waals surface area contributed by atoms with Gasteiger partial charge in [0.2, 0.25) is 0 Å². The second-order valence-corrected chi connectivity index (χ2v) is 10.2. The molecule has 1 aliphatic heterocycles. The van der Waals surface area contributed by atoms with Gasteiger partial charge in [-0.1, -0.05) is 90.1 Å². The fraction of sp³-hybridized carbons (Fsp3) is 0.103. The highest BCUT2D eigenvalue weighted by Crippen LogP contribution is 2.35. The summed E-state index contributed by atoms with van der Waals surface area (Å²) in [5.74, 6) is 0.592. The molecule has 0 bridgehead atoms. The average Bonchev–Trinajstić information content (AvgIpc) is 3.45. The molecule has 35 heavy (non-hydrogen) atoms. The van der Waals surface area contributed by atoms with E-state index in [1.807, 2.05) is 78.9 Å². The Bertz CT molecular complexity index is 1360. The van der Waals surface area contributed by atoms with Gasteiger partial charge in [0.05, 0.1) is 18.0 Å². The van der Waals surface area contributed by atoms with E-state index >= 15 is 0 Å². The molecule has 1 amide bonds. The van der Waals surface area contributed by atoms with E-state index < -0.39 is 0 Å². The van der Waals surface area contributed by atoms with Crippen LogP contribution >= 0.6 is 23.5 Å². The fourth-order valence-corrected chi connectivity index (χ4v) is 5.33. The van der Waals surface area contributed by atoms with E-state index in [1.54, 1.807) is 16.7 Å². The molecule has 174 valence electrons. The highest BCUT2D eigenvalue weighted by atomic mass is 32.2. The van der Waals surface area contributed by atoms with Gasteiger partial charge in [0, 0.05) is 11.0 Å². The summed E-state index contributed by atoms with van der Waals surface area (Å²) in [5, 5.41) is 1.49. The summed E-state index contributed by atoms with van der Waals surface area (Å²) < 4.78 is 6.01. The number of benzene rings is 3. The smallest absolute Gasteiger partial charge is 0.267 e. The molecule has 0 N–H and O–H groups in total. The Hall–Kier alpha value is -3.48. The van der Waals surface area contributed by atoms with Gasteiger partial charge in [0.25, 0.3) is 5.91 Å². The highest BCUT2D eigenvalue weighted by Gasteiger charge is 2.33. The van der Waals surface area contributed by atoms with Crippen molar-refractivity contribution in [1.29, 1.82) is 0 Å². The SMILES string of the molecule is Cc1ccc(Sc2ccc(/C=C3\SC(=NCc4ccccc4)N(Cc4ccccc4)C3=O)o2)cc1. The summed E-state index contributed by atoms with van der Waals surface area (Å²) in [5.41, 5.74) is 3.39. The Morgan fingerprint density at radius 1 is 0.886 bits per heavy atom. The third-order valence-electron chi connectivity index (χ3n) is 5.43. The van der Waals surface area contributed by atoms with Crippen LogP contribution in [0.1, 0.15) is 22.5 Å². The summed E-state index contributed by atoms with van der Waals surface area (Å²) in [6.45, 7) is 3.07. The van der Waals surface area contributed by atoms with Crippen molar-refractivity contribution in [3.05, 3.63) is 124 Å². The number of hydrogen-bond donors (Lipinski definition) is 0. The number of rotatable bonds is 7. The number of amidine groups is 1. The number of aryl methyl sites for hydroxylation is 1. The number of nitrogens with zero attached hydrogens (tertiary/aromatic N) is 2. The molecule has 4 nitrogen and oxygen atoms in total. The molecule has 1 fully saturated rings. The lowest BCUT2D eigenvalue weighted by Gasteiger charge is -2.15. The predicted octanol–water partition coefficient (Wildman–Crippen LogP) is 7.41. The standard InChI is InChI=1S/C29H24N2O2S2/c1-21-12-15-25(16-13-21)34-27-17-14-24(33-27)18-26-28(32)31(20-23-10-6-3-7-11-23)29(35-26)30-19-22-8-4-2-5-9-22/h2-18H,19-20H2,1H3/b26-18-,30-29?. The Morgan fingerprint density at radius 3 is 2.29 bits per heavy atom. The zero-order valence-electron chi connectivity index (χ0n) is 19.3. The van der Waals surface area contributed by atoms with Crippen molar-refractivity contribution in [2.45, 2.75) is 30.0 Å². The van der Waals surface area contributed by atoms with Crippen LogP contribution in [0.3, 0.4) is 0 Å². The minimum Gasteiger partial charge on any atom is -0.450 e. The zero-order chi connectivity index (χ0) is 24.0. The van der Waals surface area contributed by atoms with Gasteiger partial charge in [-0.05, 0) is 54.1 Å². The first-order valence-corrected chi connectivity index (χ1v) is 13.0. The van der Waals surface area contributed by atoms with Gasteiger partial charge in [0.15, 0.2) is 10.3 Å². The molecular weight excluding hydrogens is 472 g/mol. The maximum Gasteiger partial charge on any atom is 0.267 e. The highest BCUT2D eigenvalue weighted by molar-refractivity contribution is 8.18. The van der Waals surface area contributed by atoms with Crippen LogP contribution in [0.4, 0.5) is 0 Å². The van der Waals surface area contributed by atoms with E-state index in [0.717, 1.165) is 21.1 Å². The number of carbonyl (C=O) groups is 1. The largest absolute Gasteiger partial charge is 0.450 e. The van der Waals surface area contributed by atoms with E-state index in [-0.39, 0.29) is 5.91 Å². The summed E-state index contributed by atoms with van der Waals surface area (Å²) in [7, 11) is 0. The third-order valence-corrected chi connectivity index (χ3v) is 7.40. The van der Waals surface area contributed by atoms with Crippen LogP contribution in [-0.4, -0.2) is 16.0 Å². The van der Waals surface area contributed by atoms with Crippen LogP contribution in [-0.2, 0) is 17.9 Å². The molecule has 4 aromatic rings. The molecule has 3 aromatic carbocycles. The van der Waals surface area contributed by atoms with Crippen molar-refractivity contribution in [1.82, 2.24) is 4.90 Å². The van der Waals surface area contributed by atoms with E-state index in [4.69, 9.17) is 9.41 Å². The summed E-state index contributed by atoms with van der Waals surface area (Å²) in [6.07, 6.45) is 1.81. The number of furan rings is 1. The molecule has 5 rings (SSSR count). The Morgan fingerprint density at radius 2 is 1.57 bits per heavy atom. The quantitative estimate of drug-likeness (QED) is 0.250. The molecule has 0 unspecified atom stereocenters. The van der Waals surface area contributed by atoms with Crippen molar-refractivity contribution in [3.8, 4) is 0 Å². The molecule has 1 saturated heterocycles. The monoisotopic (exact) mass is 496 g/mol. The van der Waals surface area contributed by atoms with Gasteiger partial charge in [-0.2, -0.15) is 0 Å². The Labute approximate surface area is 213 Å². The molecule has 0 spiro atoms. The van der Waals surface area contributed by atoms with Crippen LogP contribution in [0.2, 0.25) is 0 Å². The zero-order valence-corrected chi connectivity index (χ0v) is 20.9. The maximum absolute atomic E-state index is 13.4. The Balaban J connectivity index is 1.37. The topological polar surface area (TPSA) is 45.8 Å². The molecule has 0 radical (unpaired) electrons. The summed E-state index contributed by atoms with van der Waals surface area (Å²) >= 11 is 2.96. The van der Waals surface area contributed by atoms with E-state index in [0.29, 0.717) is 28.9 Å². The lowest BCUT2D eigenvalue weighted by Crippen LogP contribution is -2.28. The average molecular weight is 497 g/mol. The van der Waals surface area contributed by atoms with Crippen molar-refractivity contribution < 1.29 is 9.21 Å². The lowest BCUT2D eigenvalue weighted by molar-refractivity contribution is -0.122. The second kappa shape index (κ2) is 10.8. The number of hydrogen-bond acceptors (Lipinski definition) is 5. The van der Waals surface area contributed by atoms with Gasteiger partial charge in [0.1, 0.15) is 5.76 Å². The van der Waals surface area contributed by atoms with Crippen molar-refractivity contribution >= 4 is 40.7 Å². The van der Waals surface area contributed by atoms with Gasteiger partial charge >= 0.3 is 0 Å². The van der Waals surface area contributed by atoms with Gasteiger partial charge in [-0.15, -0.1) is 0 Å². The first-order chi connectivity index (χ1) is 17.1.